The van der Waals surface area contributed by atoms with Gasteiger partial charge >= 0.3 is 0 Å². The zero-order valence-corrected chi connectivity index (χ0v) is 10.8. The Kier molecular flexibility index (Phi) is 4.63. The SMILES string of the molecule is COc1cc(COCC(=O)C(C)(C)C)ccn1. The maximum Gasteiger partial charge on any atom is 0.213 e. The van der Waals surface area contributed by atoms with E-state index in [2.05, 4.69) is 4.98 Å². The first-order chi connectivity index (χ1) is 7.93. The smallest absolute Gasteiger partial charge is 0.213 e. The number of ketones is 1. The third-order valence-electron chi connectivity index (χ3n) is 2.35. The number of hydrogen-bond acceptors (Lipinski definition) is 4. The number of aromatic nitrogens is 1. The van der Waals surface area contributed by atoms with Crippen molar-refractivity contribution in [1.82, 2.24) is 4.98 Å². The Bertz CT molecular complexity index is 382. The molecule has 0 aromatic carbocycles. The third-order valence-corrected chi connectivity index (χ3v) is 2.35. The van der Waals surface area contributed by atoms with E-state index in [9.17, 15) is 4.79 Å². The van der Waals surface area contributed by atoms with Gasteiger partial charge in [-0.05, 0) is 11.6 Å². The predicted molar refractivity (Wildman–Crippen MR) is 64.9 cm³/mol. The van der Waals surface area contributed by atoms with E-state index in [0.717, 1.165) is 5.56 Å². The van der Waals surface area contributed by atoms with Gasteiger partial charge < -0.3 is 9.47 Å². The molecule has 1 aromatic heterocycles. The number of methoxy groups -OCH3 is 1. The molecule has 0 atom stereocenters. The van der Waals surface area contributed by atoms with Gasteiger partial charge in [0.2, 0.25) is 5.88 Å². The molecule has 94 valence electrons. The van der Waals surface area contributed by atoms with Crippen LogP contribution in [0.4, 0.5) is 0 Å². The first-order valence-corrected chi connectivity index (χ1v) is 5.53. The minimum atomic E-state index is -0.351. The summed E-state index contributed by atoms with van der Waals surface area (Å²) in [6.07, 6.45) is 1.66. The van der Waals surface area contributed by atoms with E-state index in [1.165, 1.54) is 0 Å². The van der Waals surface area contributed by atoms with Crippen LogP contribution in [0.5, 0.6) is 5.88 Å². The first kappa shape index (κ1) is 13.6. The number of Topliss-reactive ketones (excluding diaryl/α,β-unsaturated/α-hetero) is 1. The van der Waals surface area contributed by atoms with E-state index in [0.29, 0.717) is 12.5 Å². The summed E-state index contributed by atoms with van der Waals surface area (Å²) in [5.41, 5.74) is 0.592. The van der Waals surface area contributed by atoms with Gasteiger partial charge in [-0.25, -0.2) is 4.98 Å². The Hall–Kier alpha value is -1.42. The van der Waals surface area contributed by atoms with E-state index < -0.39 is 0 Å². The summed E-state index contributed by atoms with van der Waals surface area (Å²) >= 11 is 0. The van der Waals surface area contributed by atoms with Crippen LogP contribution in [0.2, 0.25) is 0 Å². The van der Waals surface area contributed by atoms with Crippen molar-refractivity contribution < 1.29 is 14.3 Å². The summed E-state index contributed by atoms with van der Waals surface area (Å²) in [6.45, 7) is 6.17. The van der Waals surface area contributed by atoms with Crippen LogP contribution in [-0.2, 0) is 16.1 Å². The van der Waals surface area contributed by atoms with Crippen LogP contribution >= 0.6 is 0 Å². The standard InChI is InChI=1S/C13H19NO3/c1-13(2,3)11(15)9-17-8-10-5-6-14-12(7-10)16-4/h5-7H,8-9H2,1-4H3. The summed E-state index contributed by atoms with van der Waals surface area (Å²) in [5, 5.41) is 0. The maximum absolute atomic E-state index is 11.6. The van der Waals surface area contributed by atoms with Crippen molar-refractivity contribution in [2.24, 2.45) is 5.41 Å². The molecule has 4 nitrogen and oxygen atoms in total. The molecular weight excluding hydrogens is 218 g/mol. The van der Waals surface area contributed by atoms with Gasteiger partial charge in [0.1, 0.15) is 6.61 Å². The summed E-state index contributed by atoms with van der Waals surface area (Å²) in [7, 11) is 1.57. The van der Waals surface area contributed by atoms with E-state index >= 15 is 0 Å². The monoisotopic (exact) mass is 237 g/mol. The molecule has 1 aromatic rings. The van der Waals surface area contributed by atoms with Gasteiger partial charge in [0, 0.05) is 17.7 Å². The van der Waals surface area contributed by atoms with Crippen molar-refractivity contribution in [3.8, 4) is 5.88 Å². The second-order valence-electron chi connectivity index (χ2n) is 4.87. The van der Waals surface area contributed by atoms with Gasteiger partial charge in [-0.3, -0.25) is 4.79 Å². The molecule has 0 saturated carbocycles. The van der Waals surface area contributed by atoms with Crippen molar-refractivity contribution in [3.05, 3.63) is 23.9 Å². The number of carbonyl (C=O) groups is 1. The highest BCUT2D eigenvalue weighted by Crippen LogP contribution is 2.15. The normalized spacial score (nSPS) is 11.3. The average Bonchev–Trinajstić information content (AvgIpc) is 2.28. The predicted octanol–water partition coefficient (Wildman–Crippen LogP) is 2.22. The second-order valence-corrected chi connectivity index (χ2v) is 4.87. The maximum atomic E-state index is 11.6. The number of rotatable bonds is 5. The topological polar surface area (TPSA) is 48.4 Å². The Balaban J connectivity index is 2.43. The van der Waals surface area contributed by atoms with Crippen molar-refractivity contribution in [3.63, 3.8) is 0 Å². The molecular formula is C13H19NO3. The first-order valence-electron chi connectivity index (χ1n) is 5.53. The average molecular weight is 237 g/mol. The molecule has 0 fully saturated rings. The quantitative estimate of drug-likeness (QED) is 0.788. The van der Waals surface area contributed by atoms with Crippen LogP contribution in [0.25, 0.3) is 0 Å². The lowest BCUT2D eigenvalue weighted by molar-refractivity contribution is -0.131. The lowest BCUT2D eigenvalue weighted by Crippen LogP contribution is -2.24. The molecule has 0 radical (unpaired) electrons. The Morgan fingerprint density at radius 1 is 1.41 bits per heavy atom. The summed E-state index contributed by atoms with van der Waals surface area (Å²) < 4.78 is 10.4. The van der Waals surface area contributed by atoms with Crippen LogP contribution in [-0.4, -0.2) is 24.5 Å². The lowest BCUT2D eigenvalue weighted by atomic mass is 9.91. The van der Waals surface area contributed by atoms with Crippen molar-refractivity contribution in [1.29, 1.82) is 0 Å². The number of pyridine rings is 1. The van der Waals surface area contributed by atoms with E-state index in [1.807, 2.05) is 26.8 Å². The molecule has 1 rings (SSSR count). The Morgan fingerprint density at radius 2 is 2.12 bits per heavy atom. The molecule has 1 heterocycles. The van der Waals surface area contributed by atoms with Crippen LogP contribution in [0.3, 0.4) is 0 Å². The molecule has 4 heteroatoms. The van der Waals surface area contributed by atoms with Gasteiger partial charge in [0.15, 0.2) is 5.78 Å². The van der Waals surface area contributed by atoms with Crippen molar-refractivity contribution in [2.45, 2.75) is 27.4 Å². The summed E-state index contributed by atoms with van der Waals surface area (Å²) in [6, 6.07) is 3.63. The molecule has 0 aliphatic rings. The fourth-order valence-electron chi connectivity index (χ4n) is 1.13. The molecule has 0 aliphatic carbocycles. The Labute approximate surface area is 102 Å². The van der Waals surface area contributed by atoms with Crippen molar-refractivity contribution >= 4 is 5.78 Å². The van der Waals surface area contributed by atoms with Crippen LogP contribution < -0.4 is 4.74 Å². The Morgan fingerprint density at radius 3 is 2.71 bits per heavy atom. The highest BCUT2D eigenvalue weighted by molar-refractivity contribution is 5.84. The van der Waals surface area contributed by atoms with Crippen LogP contribution in [0.1, 0.15) is 26.3 Å². The van der Waals surface area contributed by atoms with Crippen molar-refractivity contribution in [2.75, 3.05) is 13.7 Å². The highest BCUT2D eigenvalue weighted by atomic mass is 16.5. The van der Waals surface area contributed by atoms with Gasteiger partial charge in [-0.1, -0.05) is 20.8 Å². The fourth-order valence-corrected chi connectivity index (χ4v) is 1.13. The van der Waals surface area contributed by atoms with E-state index in [1.54, 1.807) is 19.4 Å². The largest absolute Gasteiger partial charge is 0.481 e. The molecule has 0 saturated heterocycles. The number of ether oxygens (including phenoxy) is 2. The molecule has 0 spiro atoms. The summed E-state index contributed by atoms with van der Waals surface area (Å²) in [5.74, 6) is 0.645. The number of hydrogen-bond donors (Lipinski definition) is 0. The van der Waals surface area contributed by atoms with Gasteiger partial charge in [0.25, 0.3) is 0 Å². The molecule has 0 aliphatic heterocycles. The molecule has 0 N–H and O–H groups in total. The van der Waals surface area contributed by atoms with Gasteiger partial charge in [0.05, 0.1) is 13.7 Å². The third kappa shape index (κ3) is 4.53. The zero-order chi connectivity index (χ0) is 12.9. The van der Waals surface area contributed by atoms with Gasteiger partial charge in [-0.15, -0.1) is 0 Å². The zero-order valence-electron chi connectivity index (χ0n) is 10.8. The molecule has 0 amide bonds. The van der Waals surface area contributed by atoms with Crippen LogP contribution in [0, 0.1) is 5.41 Å². The van der Waals surface area contributed by atoms with E-state index in [-0.39, 0.29) is 17.8 Å². The minimum Gasteiger partial charge on any atom is -0.481 e. The number of nitrogens with zero attached hydrogens (tertiary/aromatic N) is 1. The highest BCUT2D eigenvalue weighted by Gasteiger charge is 2.20. The summed E-state index contributed by atoms with van der Waals surface area (Å²) in [4.78, 5) is 15.6. The second kappa shape index (κ2) is 5.77. The number of carbonyl (C=O) groups excluding carboxylic acids is 1. The molecule has 0 unspecified atom stereocenters. The van der Waals surface area contributed by atoms with Gasteiger partial charge in [-0.2, -0.15) is 0 Å². The molecule has 17 heavy (non-hydrogen) atoms. The minimum absolute atomic E-state index is 0.0959. The van der Waals surface area contributed by atoms with Crippen LogP contribution in [0.15, 0.2) is 18.3 Å². The van der Waals surface area contributed by atoms with E-state index in [4.69, 9.17) is 9.47 Å². The lowest BCUT2D eigenvalue weighted by Gasteiger charge is -2.16. The fraction of sp³-hybridized carbons (Fsp3) is 0.538. The molecule has 0 bridgehead atoms.